The summed E-state index contributed by atoms with van der Waals surface area (Å²) in [4.78, 5) is 28.4. The topological polar surface area (TPSA) is 107 Å². The summed E-state index contributed by atoms with van der Waals surface area (Å²) in [6, 6.07) is 19.6. The molecule has 0 atom stereocenters. The fraction of sp³-hybridized carbons (Fsp3) is 0.125. The Morgan fingerprint density at radius 2 is 1.50 bits per heavy atom. The van der Waals surface area contributed by atoms with Gasteiger partial charge in [0.05, 0.1) is 0 Å². The van der Waals surface area contributed by atoms with Gasteiger partial charge in [-0.2, -0.15) is 13.2 Å². The predicted molar refractivity (Wildman–Crippen MR) is 123 cm³/mol. The summed E-state index contributed by atoms with van der Waals surface area (Å²) in [5.41, 5.74) is 4.99. The zero-order chi connectivity index (χ0) is 24.6. The second-order valence-corrected chi connectivity index (χ2v) is 7.15. The first-order valence-electron chi connectivity index (χ1n) is 10.1. The minimum Gasteiger partial charge on any atom is -0.475 e. The number of amides is 1. The zero-order valence-electron chi connectivity index (χ0n) is 17.8. The smallest absolute Gasteiger partial charge is 0.475 e. The largest absolute Gasteiger partial charge is 0.490 e. The standard InChI is InChI=1S/C22H20N4O.C2HF3O2/c27-22(10-5-16-15-24-21-4-2-1-3-20(16)21)26-18-8-6-17(7-9-18)25-19-11-13-23-14-12-19;3-2(4,5)1(6)7/h1-4,6-9,11-15,24H,5,10H2,(H,23,25)(H,26,27);(H,6,7). The molecule has 34 heavy (non-hydrogen) atoms. The van der Waals surface area contributed by atoms with Crippen molar-refractivity contribution in [3.05, 3.63) is 84.8 Å². The van der Waals surface area contributed by atoms with E-state index >= 15 is 0 Å². The number of aryl methyl sites for hydroxylation is 1. The monoisotopic (exact) mass is 470 g/mol. The number of benzene rings is 2. The summed E-state index contributed by atoms with van der Waals surface area (Å²) in [5.74, 6) is -2.75. The van der Waals surface area contributed by atoms with Crippen LogP contribution in [0, 0.1) is 0 Å². The minimum atomic E-state index is -5.08. The van der Waals surface area contributed by atoms with Crippen molar-refractivity contribution in [2.24, 2.45) is 0 Å². The molecule has 0 fully saturated rings. The van der Waals surface area contributed by atoms with Gasteiger partial charge >= 0.3 is 12.1 Å². The molecule has 2 aromatic heterocycles. The number of nitrogens with zero attached hydrogens (tertiary/aromatic N) is 1. The number of pyridine rings is 1. The number of nitrogens with one attached hydrogen (secondary N) is 3. The normalized spacial score (nSPS) is 10.8. The molecule has 0 saturated carbocycles. The highest BCUT2D eigenvalue weighted by atomic mass is 19.4. The number of aromatic nitrogens is 2. The lowest BCUT2D eigenvalue weighted by Crippen LogP contribution is -2.21. The number of rotatable bonds is 6. The van der Waals surface area contributed by atoms with Gasteiger partial charge in [-0.3, -0.25) is 9.78 Å². The molecule has 4 aromatic rings. The van der Waals surface area contributed by atoms with Gasteiger partial charge in [0.1, 0.15) is 0 Å². The maximum atomic E-state index is 12.3. The van der Waals surface area contributed by atoms with Gasteiger partial charge in [0, 0.05) is 53.0 Å². The Morgan fingerprint density at radius 1 is 0.912 bits per heavy atom. The second-order valence-electron chi connectivity index (χ2n) is 7.15. The number of para-hydroxylation sites is 1. The molecular weight excluding hydrogens is 449 g/mol. The van der Waals surface area contributed by atoms with Crippen molar-refractivity contribution < 1.29 is 27.9 Å². The average molecular weight is 470 g/mol. The van der Waals surface area contributed by atoms with Gasteiger partial charge in [0.2, 0.25) is 5.91 Å². The summed E-state index contributed by atoms with van der Waals surface area (Å²) in [6.45, 7) is 0. The van der Waals surface area contributed by atoms with Crippen molar-refractivity contribution in [3.8, 4) is 0 Å². The van der Waals surface area contributed by atoms with E-state index in [1.54, 1.807) is 12.4 Å². The lowest BCUT2D eigenvalue weighted by molar-refractivity contribution is -0.192. The van der Waals surface area contributed by atoms with Gasteiger partial charge in [-0.05, 0) is 54.4 Å². The van der Waals surface area contributed by atoms with Crippen molar-refractivity contribution in [1.82, 2.24) is 9.97 Å². The van der Waals surface area contributed by atoms with E-state index in [-0.39, 0.29) is 5.91 Å². The molecule has 2 heterocycles. The van der Waals surface area contributed by atoms with E-state index in [0.29, 0.717) is 12.8 Å². The molecule has 7 nitrogen and oxygen atoms in total. The summed E-state index contributed by atoms with van der Waals surface area (Å²) in [6.07, 6.45) is 1.53. The molecule has 0 aliphatic heterocycles. The summed E-state index contributed by atoms with van der Waals surface area (Å²) < 4.78 is 31.7. The third kappa shape index (κ3) is 7.09. The molecule has 1 amide bonds. The third-order valence-electron chi connectivity index (χ3n) is 4.68. The summed E-state index contributed by atoms with van der Waals surface area (Å²) >= 11 is 0. The number of H-pyrrole nitrogens is 1. The highest BCUT2D eigenvalue weighted by molar-refractivity contribution is 5.91. The molecule has 10 heteroatoms. The predicted octanol–water partition coefficient (Wildman–Crippen LogP) is 5.51. The van der Waals surface area contributed by atoms with Crippen LogP contribution in [-0.4, -0.2) is 33.1 Å². The van der Waals surface area contributed by atoms with Gasteiger partial charge in [-0.25, -0.2) is 4.79 Å². The van der Waals surface area contributed by atoms with Gasteiger partial charge in [0.25, 0.3) is 0 Å². The van der Waals surface area contributed by atoms with E-state index in [1.807, 2.05) is 60.8 Å². The number of halogens is 3. The van der Waals surface area contributed by atoms with Crippen LogP contribution in [0.25, 0.3) is 10.9 Å². The van der Waals surface area contributed by atoms with Crippen LogP contribution in [0.4, 0.5) is 30.2 Å². The van der Waals surface area contributed by atoms with Gasteiger partial charge in [-0.1, -0.05) is 18.2 Å². The highest BCUT2D eigenvalue weighted by Crippen LogP contribution is 2.21. The van der Waals surface area contributed by atoms with E-state index in [1.165, 1.54) is 5.39 Å². The number of fused-ring (bicyclic) bond motifs is 1. The quantitative estimate of drug-likeness (QED) is 0.297. The first-order valence-corrected chi connectivity index (χ1v) is 10.1. The Morgan fingerprint density at radius 3 is 2.15 bits per heavy atom. The Labute approximate surface area is 192 Å². The minimum absolute atomic E-state index is 0.00937. The number of anilines is 3. The van der Waals surface area contributed by atoms with E-state index in [4.69, 9.17) is 9.90 Å². The number of aliphatic carboxylic acids is 1. The number of hydrogen-bond donors (Lipinski definition) is 4. The van der Waals surface area contributed by atoms with E-state index in [9.17, 15) is 18.0 Å². The number of aromatic amines is 1. The first kappa shape index (κ1) is 24.3. The van der Waals surface area contributed by atoms with E-state index < -0.39 is 12.1 Å². The van der Waals surface area contributed by atoms with Crippen LogP contribution >= 0.6 is 0 Å². The molecular formula is C24H21F3N4O3. The van der Waals surface area contributed by atoms with Gasteiger partial charge in [-0.15, -0.1) is 0 Å². The first-order chi connectivity index (χ1) is 16.2. The van der Waals surface area contributed by atoms with Crippen LogP contribution in [0.15, 0.2) is 79.3 Å². The lowest BCUT2D eigenvalue weighted by Gasteiger charge is -2.08. The van der Waals surface area contributed by atoms with Crippen LogP contribution < -0.4 is 10.6 Å². The number of carboxylic acid groups (broad SMARTS) is 1. The van der Waals surface area contributed by atoms with Crippen molar-refractivity contribution in [3.63, 3.8) is 0 Å². The number of carbonyl (C=O) groups is 2. The van der Waals surface area contributed by atoms with Crippen LogP contribution in [-0.2, 0) is 16.0 Å². The van der Waals surface area contributed by atoms with Crippen LogP contribution in [0.2, 0.25) is 0 Å². The fourth-order valence-electron chi connectivity index (χ4n) is 3.05. The molecule has 4 rings (SSSR count). The summed E-state index contributed by atoms with van der Waals surface area (Å²) in [7, 11) is 0. The highest BCUT2D eigenvalue weighted by Gasteiger charge is 2.38. The Bertz CT molecular complexity index is 1240. The Kier molecular flexibility index (Phi) is 7.86. The molecule has 0 aliphatic rings. The van der Waals surface area contributed by atoms with E-state index in [0.717, 1.165) is 28.1 Å². The molecule has 0 radical (unpaired) electrons. The van der Waals surface area contributed by atoms with Crippen molar-refractivity contribution in [1.29, 1.82) is 0 Å². The van der Waals surface area contributed by atoms with Crippen molar-refractivity contribution >= 4 is 39.8 Å². The number of carbonyl (C=O) groups excluding carboxylic acids is 1. The van der Waals surface area contributed by atoms with Crippen LogP contribution in [0.1, 0.15) is 12.0 Å². The molecule has 4 N–H and O–H groups in total. The summed E-state index contributed by atoms with van der Waals surface area (Å²) in [5, 5.41) is 14.5. The van der Waals surface area contributed by atoms with Gasteiger partial charge < -0.3 is 20.7 Å². The number of alkyl halides is 3. The SMILES string of the molecule is O=C(CCc1c[nH]c2ccccc12)Nc1ccc(Nc2ccncc2)cc1.O=C(O)C(F)(F)F. The third-order valence-corrected chi connectivity index (χ3v) is 4.68. The molecule has 2 aromatic carbocycles. The molecule has 0 spiro atoms. The maximum Gasteiger partial charge on any atom is 0.490 e. The molecule has 0 saturated heterocycles. The van der Waals surface area contributed by atoms with Gasteiger partial charge in [0.15, 0.2) is 0 Å². The van der Waals surface area contributed by atoms with Crippen molar-refractivity contribution in [2.75, 3.05) is 10.6 Å². The molecule has 176 valence electrons. The van der Waals surface area contributed by atoms with E-state index in [2.05, 4.69) is 26.7 Å². The maximum absolute atomic E-state index is 12.3. The lowest BCUT2D eigenvalue weighted by atomic mass is 10.1. The molecule has 0 unspecified atom stereocenters. The number of carboxylic acids is 1. The average Bonchev–Trinajstić information content (AvgIpc) is 3.23. The number of hydrogen-bond acceptors (Lipinski definition) is 4. The Balaban J connectivity index is 0.000000406. The zero-order valence-corrected chi connectivity index (χ0v) is 17.8. The second kappa shape index (κ2) is 11.0. The molecule has 0 bridgehead atoms. The van der Waals surface area contributed by atoms with Crippen LogP contribution in [0.3, 0.4) is 0 Å². The van der Waals surface area contributed by atoms with Crippen LogP contribution in [0.5, 0.6) is 0 Å². The molecule has 0 aliphatic carbocycles. The fourth-order valence-corrected chi connectivity index (χ4v) is 3.05. The van der Waals surface area contributed by atoms with Crippen molar-refractivity contribution in [2.45, 2.75) is 19.0 Å². The Hall–Kier alpha value is -4.34.